The van der Waals surface area contributed by atoms with Crippen molar-refractivity contribution in [2.24, 2.45) is 4.99 Å². The van der Waals surface area contributed by atoms with Crippen LogP contribution in [0, 0.1) is 23.5 Å². The van der Waals surface area contributed by atoms with E-state index in [1.807, 2.05) is 11.2 Å². The van der Waals surface area contributed by atoms with E-state index in [2.05, 4.69) is 54.2 Å². The van der Waals surface area contributed by atoms with Crippen molar-refractivity contribution in [3.05, 3.63) is 69.8 Å². The molecule has 0 heterocycles. The van der Waals surface area contributed by atoms with E-state index in [-0.39, 0.29) is 5.56 Å². The number of isothiocyanates is 1. The van der Waals surface area contributed by atoms with E-state index in [1.165, 1.54) is 29.5 Å². The van der Waals surface area contributed by atoms with Crippen molar-refractivity contribution in [3.63, 3.8) is 0 Å². The normalized spacial score (nSPS) is 11.9. The Morgan fingerprint density at radius 3 is 2.50 bits per heavy atom. The molecule has 0 unspecified atom stereocenters. The van der Waals surface area contributed by atoms with E-state index in [4.69, 9.17) is 0 Å². The molecule has 0 saturated carbocycles. The lowest BCUT2D eigenvalue weighted by Crippen LogP contribution is -1.88. The molecule has 1 aliphatic rings. The van der Waals surface area contributed by atoms with Gasteiger partial charge in [-0.25, -0.2) is 8.78 Å². The summed E-state index contributed by atoms with van der Waals surface area (Å²) in [5.41, 5.74) is 4.59. The first-order valence-corrected chi connectivity index (χ1v) is 8.93. The van der Waals surface area contributed by atoms with Crippen molar-refractivity contribution in [1.82, 2.24) is 0 Å². The number of benzene rings is 2. The molecule has 26 heavy (non-hydrogen) atoms. The molecule has 1 nitrogen and oxygen atoms in total. The average Bonchev–Trinajstić information content (AvgIpc) is 3.03. The number of aliphatic imine (C=N–C) groups is 1. The van der Waals surface area contributed by atoms with Gasteiger partial charge in [0.05, 0.1) is 5.16 Å². The number of halogens is 2. The van der Waals surface area contributed by atoms with Crippen molar-refractivity contribution >= 4 is 29.1 Å². The third-order valence-electron chi connectivity index (χ3n) is 4.30. The molecule has 0 spiro atoms. The van der Waals surface area contributed by atoms with E-state index in [0.717, 1.165) is 30.5 Å². The van der Waals surface area contributed by atoms with Crippen LogP contribution in [-0.4, -0.2) is 5.16 Å². The summed E-state index contributed by atoms with van der Waals surface area (Å²) in [5.74, 6) is 4.19. The van der Waals surface area contributed by atoms with Gasteiger partial charge in [-0.1, -0.05) is 42.9 Å². The molecule has 0 fully saturated rings. The van der Waals surface area contributed by atoms with E-state index >= 15 is 0 Å². The lowest BCUT2D eigenvalue weighted by Gasteiger charge is -2.01. The van der Waals surface area contributed by atoms with Gasteiger partial charge < -0.3 is 0 Å². The lowest BCUT2D eigenvalue weighted by atomic mass is 10.0. The molecule has 0 saturated heterocycles. The third-order valence-corrected chi connectivity index (χ3v) is 4.39. The molecule has 0 N–H and O–H groups in total. The van der Waals surface area contributed by atoms with Gasteiger partial charge in [-0.05, 0) is 66.9 Å². The highest BCUT2D eigenvalue weighted by Gasteiger charge is 2.12. The maximum Gasteiger partial charge on any atom is 0.153 e. The first kappa shape index (κ1) is 18.2. The minimum absolute atomic E-state index is 0.255. The largest absolute Gasteiger partial charge is 0.204 e. The van der Waals surface area contributed by atoms with Crippen LogP contribution in [0.3, 0.4) is 0 Å². The van der Waals surface area contributed by atoms with Crippen LogP contribution in [0.2, 0.25) is 0 Å². The van der Waals surface area contributed by atoms with E-state index in [0.29, 0.717) is 0 Å². The second-order valence-electron chi connectivity index (χ2n) is 6.24. The monoisotopic (exact) mass is 365 g/mol. The number of thiocarbonyl (C=S) groups is 1. The van der Waals surface area contributed by atoms with Crippen LogP contribution in [0.25, 0.3) is 6.08 Å². The molecule has 0 atom stereocenters. The maximum atomic E-state index is 13.9. The quantitative estimate of drug-likeness (QED) is 0.355. The smallest absolute Gasteiger partial charge is 0.153 e. The van der Waals surface area contributed by atoms with Crippen molar-refractivity contribution in [3.8, 4) is 11.8 Å². The van der Waals surface area contributed by atoms with Gasteiger partial charge in [0, 0.05) is 11.1 Å². The number of allylic oxidation sites excluding steroid dienone is 1. The van der Waals surface area contributed by atoms with Gasteiger partial charge in [-0.15, -0.1) is 0 Å². The van der Waals surface area contributed by atoms with Gasteiger partial charge in [0.1, 0.15) is 5.69 Å². The number of nitrogens with zero attached hydrogens (tertiary/aromatic N) is 1. The first-order chi connectivity index (χ1) is 12.6. The maximum absolute atomic E-state index is 13.9. The van der Waals surface area contributed by atoms with Gasteiger partial charge in [0.25, 0.3) is 0 Å². The van der Waals surface area contributed by atoms with E-state index in [9.17, 15) is 8.78 Å². The highest BCUT2D eigenvalue weighted by molar-refractivity contribution is 7.78. The Morgan fingerprint density at radius 1 is 1.08 bits per heavy atom. The van der Waals surface area contributed by atoms with Crippen LogP contribution in [0.4, 0.5) is 14.5 Å². The van der Waals surface area contributed by atoms with Crippen molar-refractivity contribution in [2.45, 2.75) is 32.6 Å². The Bertz CT molecular complexity index is 966. The molecular weight excluding hydrogens is 348 g/mol. The number of hydrogen-bond donors (Lipinski definition) is 0. The highest BCUT2D eigenvalue weighted by Crippen LogP contribution is 2.28. The molecule has 4 heteroatoms. The fourth-order valence-electron chi connectivity index (χ4n) is 2.99. The summed E-state index contributed by atoms with van der Waals surface area (Å²) < 4.78 is 27.7. The van der Waals surface area contributed by atoms with Crippen LogP contribution >= 0.6 is 12.2 Å². The zero-order chi connectivity index (χ0) is 18.5. The van der Waals surface area contributed by atoms with Crippen molar-refractivity contribution < 1.29 is 8.78 Å². The highest BCUT2D eigenvalue weighted by atomic mass is 32.1. The molecule has 2 aromatic carbocycles. The number of hydrogen-bond acceptors (Lipinski definition) is 2. The Morgan fingerprint density at radius 2 is 1.81 bits per heavy atom. The van der Waals surface area contributed by atoms with Crippen LogP contribution in [0.15, 0.2) is 40.9 Å². The summed E-state index contributed by atoms with van der Waals surface area (Å²) in [6.07, 6.45) is 6.72. The zero-order valence-electron chi connectivity index (χ0n) is 14.4. The second kappa shape index (κ2) is 8.19. The SMILES string of the molecule is CCCCC1=Cc2ccc(C#Cc3cc(F)c(N=C=S)c(F)c3)cc2C1. The van der Waals surface area contributed by atoms with Crippen LogP contribution in [0.1, 0.15) is 48.4 Å². The fourth-order valence-corrected chi connectivity index (χ4v) is 3.08. The van der Waals surface area contributed by atoms with Crippen LogP contribution in [0.5, 0.6) is 0 Å². The van der Waals surface area contributed by atoms with Crippen LogP contribution < -0.4 is 0 Å². The van der Waals surface area contributed by atoms with E-state index < -0.39 is 17.3 Å². The topological polar surface area (TPSA) is 12.4 Å². The molecule has 1 aliphatic carbocycles. The minimum atomic E-state index is -0.801. The fraction of sp³-hybridized carbons (Fsp3) is 0.227. The molecule has 0 amide bonds. The molecule has 130 valence electrons. The predicted molar refractivity (Wildman–Crippen MR) is 105 cm³/mol. The van der Waals surface area contributed by atoms with Crippen molar-refractivity contribution in [1.29, 1.82) is 0 Å². The van der Waals surface area contributed by atoms with Gasteiger partial charge in [-0.3, -0.25) is 0 Å². The summed E-state index contributed by atoms with van der Waals surface area (Å²) >= 11 is 4.39. The molecule has 2 aromatic rings. The summed E-state index contributed by atoms with van der Waals surface area (Å²) in [4.78, 5) is 3.39. The molecule has 0 radical (unpaired) electrons. The first-order valence-electron chi connectivity index (χ1n) is 8.52. The molecule has 0 aromatic heterocycles. The van der Waals surface area contributed by atoms with E-state index in [1.54, 1.807) is 0 Å². The van der Waals surface area contributed by atoms with Gasteiger partial charge in [-0.2, -0.15) is 4.99 Å². The Kier molecular flexibility index (Phi) is 5.73. The Hall–Kier alpha value is -2.60. The number of fused-ring (bicyclic) bond motifs is 1. The Balaban J connectivity index is 1.80. The molecular formula is C22H17F2NS. The minimum Gasteiger partial charge on any atom is -0.204 e. The Labute approximate surface area is 157 Å². The van der Waals surface area contributed by atoms with Gasteiger partial charge >= 0.3 is 0 Å². The third kappa shape index (κ3) is 4.14. The van der Waals surface area contributed by atoms with Gasteiger partial charge in [0.15, 0.2) is 11.6 Å². The average molecular weight is 365 g/mol. The summed E-state index contributed by atoms with van der Waals surface area (Å²) in [6, 6.07) is 8.34. The summed E-state index contributed by atoms with van der Waals surface area (Å²) in [6.45, 7) is 2.19. The van der Waals surface area contributed by atoms with Gasteiger partial charge in [0.2, 0.25) is 0 Å². The summed E-state index contributed by atoms with van der Waals surface area (Å²) in [5, 5.41) is 1.97. The molecule has 0 aliphatic heterocycles. The predicted octanol–water partition coefficient (Wildman–Crippen LogP) is 6.23. The lowest BCUT2D eigenvalue weighted by molar-refractivity contribution is 0.587. The van der Waals surface area contributed by atoms with Crippen LogP contribution in [-0.2, 0) is 6.42 Å². The molecule has 0 bridgehead atoms. The zero-order valence-corrected chi connectivity index (χ0v) is 15.2. The van der Waals surface area contributed by atoms with Crippen molar-refractivity contribution in [2.75, 3.05) is 0 Å². The molecule has 3 rings (SSSR count). The number of unbranched alkanes of at least 4 members (excludes halogenated alkanes) is 1. The second-order valence-corrected chi connectivity index (χ2v) is 6.42. The summed E-state index contributed by atoms with van der Waals surface area (Å²) in [7, 11) is 0. The number of rotatable bonds is 4. The standard InChI is InChI=1S/C22H17F2NS/c1-2-3-4-16-10-18-8-7-15(9-19(18)11-16)5-6-17-12-20(23)22(25-14-26)21(24)13-17/h7-10,12-13H,2-4,11H2,1H3.